The second-order valence-electron chi connectivity index (χ2n) is 9.52. The molecule has 6 nitrogen and oxygen atoms in total. The van der Waals surface area contributed by atoms with E-state index in [9.17, 15) is 13.2 Å². The van der Waals surface area contributed by atoms with Crippen molar-refractivity contribution in [2.45, 2.75) is 63.8 Å². The van der Waals surface area contributed by atoms with Crippen LogP contribution in [0.15, 0.2) is 71.6 Å². The van der Waals surface area contributed by atoms with Crippen LogP contribution in [0.5, 0.6) is 5.75 Å². The Labute approximate surface area is 220 Å². The van der Waals surface area contributed by atoms with E-state index in [4.69, 9.17) is 4.74 Å². The molecule has 1 aliphatic rings. The number of anilines is 1. The second kappa shape index (κ2) is 11.8. The van der Waals surface area contributed by atoms with Crippen LogP contribution in [-0.4, -0.2) is 27.5 Å². The number of carbonyl (C=O) groups is 1. The van der Waals surface area contributed by atoms with E-state index in [0.29, 0.717) is 24.5 Å². The molecule has 3 aromatic carbocycles. The van der Waals surface area contributed by atoms with Crippen molar-refractivity contribution in [3.05, 3.63) is 89.0 Å². The Morgan fingerprint density at radius 1 is 0.946 bits per heavy atom. The van der Waals surface area contributed by atoms with Crippen molar-refractivity contribution in [1.29, 1.82) is 0 Å². The van der Waals surface area contributed by atoms with E-state index in [1.807, 2.05) is 20.8 Å². The van der Waals surface area contributed by atoms with Crippen LogP contribution in [0.2, 0.25) is 0 Å². The van der Waals surface area contributed by atoms with E-state index in [2.05, 4.69) is 23.5 Å². The van der Waals surface area contributed by atoms with Crippen molar-refractivity contribution in [3.63, 3.8) is 0 Å². The van der Waals surface area contributed by atoms with Gasteiger partial charge >= 0.3 is 0 Å². The van der Waals surface area contributed by atoms with Gasteiger partial charge in [-0.25, -0.2) is 8.42 Å². The quantitative estimate of drug-likeness (QED) is 0.370. The smallest absolute Gasteiger partial charge is 0.264 e. The molecule has 0 saturated heterocycles. The Morgan fingerprint density at radius 3 is 2.27 bits per heavy atom. The Bertz CT molecular complexity index is 1320. The molecule has 3 aromatic rings. The molecule has 1 N–H and O–H groups in total. The number of rotatable bonds is 10. The van der Waals surface area contributed by atoms with Gasteiger partial charge in [-0.05, 0) is 99.0 Å². The molecule has 1 atom stereocenters. The first-order valence-corrected chi connectivity index (χ1v) is 14.5. The topological polar surface area (TPSA) is 75.7 Å². The van der Waals surface area contributed by atoms with Gasteiger partial charge in [0.25, 0.3) is 10.0 Å². The Balaban J connectivity index is 1.59. The molecule has 7 heteroatoms. The van der Waals surface area contributed by atoms with Crippen LogP contribution >= 0.6 is 0 Å². The van der Waals surface area contributed by atoms with Gasteiger partial charge in [0.05, 0.1) is 23.2 Å². The number of hydrogen-bond donors (Lipinski definition) is 1. The molecule has 37 heavy (non-hydrogen) atoms. The fraction of sp³-hybridized carbons (Fsp3) is 0.367. The lowest BCUT2D eigenvalue weighted by Gasteiger charge is -2.26. The standard InChI is InChI=1S/C30H36N2O4S/c1-4-29(25-13-12-23-8-6-7-9-24(23)20-25)31-30(33)21-32(26-14-16-27(17-15-26)36-5-2)37(34,35)28-18-10-22(3)11-19-28/h10-20,29H,4-9,21H2,1-3H3,(H,31,33)/t29-/m1/s1. The van der Waals surface area contributed by atoms with Gasteiger partial charge in [0, 0.05) is 0 Å². The van der Waals surface area contributed by atoms with Gasteiger partial charge < -0.3 is 10.1 Å². The highest BCUT2D eigenvalue weighted by molar-refractivity contribution is 7.92. The van der Waals surface area contributed by atoms with Crippen molar-refractivity contribution in [1.82, 2.24) is 5.32 Å². The first-order valence-electron chi connectivity index (χ1n) is 13.0. The highest BCUT2D eigenvalue weighted by atomic mass is 32.2. The van der Waals surface area contributed by atoms with Crippen LogP contribution in [0.25, 0.3) is 0 Å². The molecule has 4 rings (SSSR count). The summed E-state index contributed by atoms with van der Waals surface area (Å²) in [6, 6.07) is 19.7. The molecule has 0 aliphatic heterocycles. The fourth-order valence-electron chi connectivity index (χ4n) is 4.79. The third kappa shape index (κ3) is 6.34. The summed E-state index contributed by atoms with van der Waals surface area (Å²) >= 11 is 0. The van der Waals surface area contributed by atoms with Gasteiger partial charge in [-0.1, -0.05) is 42.8 Å². The van der Waals surface area contributed by atoms with Crippen LogP contribution in [-0.2, 0) is 27.7 Å². The molecule has 0 heterocycles. The molecule has 0 spiro atoms. The number of aryl methyl sites for hydroxylation is 3. The molecule has 0 fully saturated rings. The summed E-state index contributed by atoms with van der Waals surface area (Å²) < 4.78 is 34.1. The number of ether oxygens (including phenoxy) is 1. The molecule has 0 radical (unpaired) electrons. The van der Waals surface area contributed by atoms with E-state index in [1.54, 1.807) is 48.5 Å². The summed E-state index contributed by atoms with van der Waals surface area (Å²) in [5, 5.41) is 3.08. The maximum Gasteiger partial charge on any atom is 0.264 e. The minimum Gasteiger partial charge on any atom is -0.494 e. The summed E-state index contributed by atoms with van der Waals surface area (Å²) in [6.07, 6.45) is 5.28. The summed E-state index contributed by atoms with van der Waals surface area (Å²) in [5.74, 6) is 0.288. The normalized spacial score (nSPS) is 13.9. The number of nitrogens with one attached hydrogen (secondary N) is 1. The lowest BCUT2D eigenvalue weighted by molar-refractivity contribution is -0.120. The van der Waals surface area contributed by atoms with Crippen molar-refractivity contribution in [2.75, 3.05) is 17.5 Å². The maximum absolute atomic E-state index is 13.7. The SMILES string of the molecule is CCOc1ccc(N(CC(=O)N[C@H](CC)c2ccc3c(c2)CCCC3)S(=O)(=O)c2ccc(C)cc2)cc1. The van der Waals surface area contributed by atoms with Crippen LogP contribution in [0.3, 0.4) is 0 Å². The molecule has 1 aliphatic carbocycles. The number of hydrogen-bond acceptors (Lipinski definition) is 4. The zero-order valence-electron chi connectivity index (χ0n) is 21.9. The first kappa shape index (κ1) is 26.7. The van der Waals surface area contributed by atoms with Crippen molar-refractivity contribution >= 4 is 21.6 Å². The molecule has 196 valence electrons. The van der Waals surface area contributed by atoms with Crippen LogP contribution in [0.1, 0.15) is 61.4 Å². The van der Waals surface area contributed by atoms with Gasteiger partial charge in [0.1, 0.15) is 12.3 Å². The fourth-order valence-corrected chi connectivity index (χ4v) is 6.21. The summed E-state index contributed by atoms with van der Waals surface area (Å²) in [7, 11) is -3.98. The number of nitrogens with zero attached hydrogens (tertiary/aromatic N) is 1. The predicted octanol–water partition coefficient (Wildman–Crippen LogP) is 5.74. The van der Waals surface area contributed by atoms with Gasteiger partial charge in [0.2, 0.25) is 5.91 Å². The maximum atomic E-state index is 13.7. The van der Waals surface area contributed by atoms with Gasteiger partial charge in [0.15, 0.2) is 0 Å². The number of benzene rings is 3. The number of sulfonamides is 1. The van der Waals surface area contributed by atoms with E-state index < -0.39 is 10.0 Å². The van der Waals surface area contributed by atoms with Crippen molar-refractivity contribution in [2.24, 2.45) is 0 Å². The second-order valence-corrected chi connectivity index (χ2v) is 11.4. The molecular weight excluding hydrogens is 484 g/mol. The Hall–Kier alpha value is -3.32. The Kier molecular flexibility index (Phi) is 8.54. The number of carbonyl (C=O) groups excluding carboxylic acids is 1. The molecule has 0 unspecified atom stereocenters. The van der Waals surface area contributed by atoms with Crippen molar-refractivity contribution < 1.29 is 17.9 Å². The summed E-state index contributed by atoms with van der Waals surface area (Å²) in [5.41, 5.74) is 5.17. The third-order valence-corrected chi connectivity index (χ3v) is 8.64. The average molecular weight is 521 g/mol. The molecule has 0 saturated carbocycles. The van der Waals surface area contributed by atoms with Crippen LogP contribution in [0.4, 0.5) is 5.69 Å². The monoisotopic (exact) mass is 520 g/mol. The van der Waals surface area contributed by atoms with Gasteiger partial charge in [-0.2, -0.15) is 0 Å². The lowest BCUT2D eigenvalue weighted by Crippen LogP contribution is -2.42. The molecular formula is C30H36N2O4S. The Morgan fingerprint density at radius 2 is 1.62 bits per heavy atom. The molecule has 0 aromatic heterocycles. The van der Waals surface area contributed by atoms with Crippen LogP contribution < -0.4 is 14.4 Å². The third-order valence-electron chi connectivity index (χ3n) is 6.85. The van der Waals surface area contributed by atoms with E-state index in [0.717, 1.165) is 24.0 Å². The van der Waals surface area contributed by atoms with Gasteiger partial charge in [-0.15, -0.1) is 0 Å². The number of fused-ring (bicyclic) bond motifs is 1. The zero-order chi connectivity index (χ0) is 26.4. The number of amides is 1. The largest absolute Gasteiger partial charge is 0.494 e. The minimum absolute atomic E-state index is 0.140. The van der Waals surface area contributed by atoms with Crippen molar-refractivity contribution in [3.8, 4) is 5.75 Å². The van der Waals surface area contributed by atoms with E-state index >= 15 is 0 Å². The average Bonchev–Trinajstić information content (AvgIpc) is 2.91. The molecule has 0 bridgehead atoms. The minimum atomic E-state index is -3.98. The lowest BCUT2D eigenvalue weighted by atomic mass is 9.89. The summed E-state index contributed by atoms with van der Waals surface area (Å²) in [4.78, 5) is 13.5. The zero-order valence-corrected chi connectivity index (χ0v) is 22.7. The highest BCUT2D eigenvalue weighted by Gasteiger charge is 2.28. The summed E-state index contributed by atoms with van der Waals surface area (Å²) in [6.45, 7) is 6.00. The molecule has 1 amide bonds. The van der Waals surface area contributed by atoms with E-state index in [-0.39, 0.29) is 23.4 Å². The van der Waals surface area contributed by atoms with Crippen LogP contribution in [0, 0.1) is 6.92 Å². The van der Waals surface area contributed by atoms with E-state index in [1.165, 1.54) is 28.3 Å². The highest BCUT2D eigenvalue weighted by Crippen LogP contribution is 2.28. The predicted molar refractivity (Wildman–Crippen MR) is 148 cm³/mol. The first-order chi connectivity index (χ1) is 17.8. The van der Waals surface area contributed by atoms with Gasteiger partial charge in [-0.3, -0.25) is 9.10 Å².